The Morgan fingerprint density at radius 3 is 2.24 bits per heavy atom. The number of carbonyl (C=O) groups excluding carboxylic acids is 3. The highest BCUT2D eigenvalue weighted by molar-refractivity contribution is 9.10. The second-order valence-electron chi connectivity index (χ2n) is 8.03. The molecular formula is C27H22BrNO5. The van der Waals surface area contributed by atoms with Crippen LogP contribution in [-0.2, 0) is 25.7 Å². The molecule has 0 fully saturated rings. The third-order valence-corrected chi connectivity index (χ3v) is 6.15. The van der Waals surface area contributed by atoms with Crippen LogP contribution in [-0.4, -0.2) is 23.4 Å². The predicted octanol–water partition coefficient (Wildman–Crippen LogP) is 4.91. The molecule has 0 unspecified atom stereocenters. The minimum absolute atomic E-state index is 0.0268. The van der Waals surface area contributed by atoms with Crippen molar-refractivity contribution in [3.05, 3.63) is 118 Å². The second kappa shape index (κ2) is 10.1. The normalized spacial score (nSPS) is 19.5. The number of ether oxygens (including phenoxy) is 2. The van der Waals surface area contributed by atoms with Gasteiger partial charge in [0.05, 0.1) is 0 Å². The number of esters is 2. The lowest BCUT2D eigenvalue weighted by molar-refractivity contribution is -0.158. The van der Waals surface area contributed by atoms with Crippen molar-refractivity contribution in [3.8, 4) is 0 Å². The van der Waals surface area contributed by atoms with Crippen molar-refractivity contribution in [3.63, 3.8) is 0 Å². The summed E-state index contributed by atoms with van der Waals surface area (Å²) in [5, 5.41) is 2.82. The van der Waals surface area contributed by atoms with Crippen molar-refractivity contribution >= 4 is 33.8 Å². The Morgan fingerprint density at radius 2 is 1.59 bits per heavy atom. The minimum Gasteiger partial charge on any atom is -0.455 e. The van der Waals surface area contributed by atoms with E-state index in [1.165, 1.54) is 6.08 Å². The van der Waals surface area contributed by atoms with Crippen LogP contribution in [0, 0.1) is 0 Å². The first-order valence-electron chi connectivity index (χ1n) is 10.6. The van der Waals surface area contributed by atoms with Crippen LogP contribution in [0.5, 0.6) is 0 Å². The Hall–Kier alpha value is -3.71. The van der Waals surface area contributed by atoms with E-state index < -0.39 is 29.3 Å². The van der Waals surface area contributed by atoms with Gasteiger partial charge in [-0.15, -0.1) is 0 Å². The summed E-state index contributed by atoms with van der Waals surface area (Å²) >= 11 is 3.36. The standard InChI is InChI=1S/C27H22BrNO5/c1-27(29-24(30)20-10-6-3-7-11-20)22(19-8-4-2-5-9-19)16-23(34-26(27)32)25(31)33-17-18-12-14-21(28)15-13-18/h2-16,22H,17H2,1H3,(H,29,30)/t22-,27+/m1/s1. The van der Waals surface area contributed by atoms with Gasteiger partial charge in [0.25, 0.3) is 5.91 Å². The molecule has 2 atom stereocenters. The molecule has 1 amide bonds. The average molecular weight is 520 g/mol. The Kier molecular flexibility index (Phi) is 6.93. The molecule has 3 aromatic carbocycles. The SMILES string of the molecule is C[C@@]1(NC(=O)c2ccccc2)C(=O)OC(C(=O)OCc2ccc(Br)cc2)=C[C@@H]1c1ccccc1. The monoisotopic (exact) mass is 519 g/mol. The molecule has 1 aliphatic heterocycles. The molecule has 0 bridgehead atoms. The summed E-state index contributed by atoms with van der Waals surface area (Å²) in [5.41, 5.74) is 0.503. The van der Waals surface area contributed by atoms with Crippen molar-refractivity contribution in [1.82, 2.24) is 5.32 Å². The van der Waals surface area contributed by atoms with Crippen molar-refractivity contribution < 1.29 is 23.9 Å². The number of cyclic esters (lactones) is 1. The molecule has 1 heterocycles. The molecule has 7 heteroatoms. The van der Waals surface area contributed by atoms with Gasteiger partial charge in [-0.05, 0) is 48.4 Å². The van der Waals surface area contributed by atoms with Gasteiger partial charge in [0, 0.05) is 16.0 Å². The molecule has 0 saturated heterocycles. The van der Waals surface area contributed by atoms with E-state index >= 15 is 0 Å². The van der Waals surface area contributed by atoms with E-state index in [0.29, 0.717) is 5.56 Å². The number of nitrogens with one attached hydrogen (secondary N) is 1. The van der Waals surface area contributed by atoms with Gasteiger partial charge in [-0.25, -0.2) is 9.59 Å². The second-order valence-corrected chi connectivity index (χ2v) is 8.95. The number of halogens is 1. The van der Waals surface area contributed by atoms with Gasteiger partial charge in [-0.3, -0.25) is 4.79 Å². The van der Waals surface area contributed by atoms with Crippen LogP contribution in [0.1, 0.15) is 34.3 Å². The van der Waals surface area contributed by atoms with Gasteiger partial charge in [-0.2, -0.15) is 0 Å². The van der Waals surface area contributed by atoms with Crippen LogP contribution < -0.4 is 5.32 Å². The number of benzene rings is 3. The third-order valence-electron chi connectivity index (χ3n) is 5.62. The van der Waals surface area contributed by atoms with Crippen molar-refractivity contribution in [2.45, 2.75) is 25.0 Å². The fourth-order valence-electron chi connectivity index (χ4n) is 3.71. The van der Waals surface area contributed by atoms with Gasteiger partial charge in [0.1, 0.15) is 12.1 Å². The highest BCUT2D eigenvalue weighted by atomic mass is 79.9. The summed E-state index contributed by atoms with van der Waals surface area (Å²) in [6, 6.07) is 25.1. The molecule has 4 rings (SSSR count). The number of rotatable bonds is 6. The Labute approximate surface area is 205 Å². The average Bonchev–Trinajstić information content (AvgIpc) is 2.86. The highest BCUT2D eigenvalue weighted by Crippen LogP contribution is 2.37. The first-order chi connectivity index (χ1) is 16.4. The molecule has 0 aromatic heterocycles. The zero-order valence-corrected chi connectivity index (χ0v) is 19.9. The van der Waals surface area contributed by atoms with E-state index in [9.17, 15) is 14.4 Å². The van der Waals surface area contributed by atoms with Gasteiger partial charge in [-0.1, -0.05) is 76.6 Å². The Balaban J connectivity index is 1.61. The smallest absolute Gasteiger partial charge is 0.374 e. The topological polar surface area (TPSA) is 81.7 Å². The van der Waals surface area contributed by atoms with E-state index in [0.717, 1.165) is 15.6 Å². The molecule has 6 nitrogen and oxygen atoms in total. The molecule has 34 heavy (non-hydrogen) atoms. The van der Waals surface area contributed by atoms with Gasteiger partial charge >= 0.3 is 11.9 Å². The van der Waals surface area contributed by atoms with Gasteiger partial charge in [0.2, 0.25) is 5.76 Å². The quantitative estimate of drug-likeness (QED) is 0.468. The summed E-state index contributed by atoms with van der Waals surface area (Å²) in [6.07, 6.45) is 1.53. The lowest BCUT2D eigenvalue weighted by Crippen LogP contribution is -2.58. The van der Waals surface area contributed by atoms with E-state index in [4.69, 9.17) is 9.47 Å². The molecule has 0 aliphatic carbocycles. The van der Waals surface area contributed by atoms with E-state index in [1.54, 1.807) is 37.3 Å². The zero-order chi connectivity index (χ0) is 24.1. The van der Waals surface area contributed by atoms with E-state index in [1.807, 2.05) is 54.6 Å². The Morgan fingerprint density at radius 1 is 0.971 bits per heavy atom. The van der Waals surface area contributed by atoms with Crippen LogP contribution >= 0.6 is 15.9 Å². The molecule has 172 valence electrons. The zero-order valence-electron chi connectivity index (χ0n) is 18.4. The van der Waals surface area contributed by atoms with Crippen molar-refractivity contribution in [2.75, 3.05) is 0 Å². The summed E-state index contributed by atoms with van der Waals surface area (Å²) in [6.45, 7) is 1.62. The molecule has 0 radical (unpaired) electrons. The highest BCUT2D eigenvalue weighted by Gasteiger charge is 2.49. The van der Waals surface area contributed by atoms with Crippen LogP contribution in [0.15, 0.2) is 101 Å². The molecule has 3 aromatic rings. The first kappa shape index (κ1) is 23.4. The van der Waals surface area contributed by atoms with Gasteiger partial charge < -0.3 is 14.8 Å². The number of amides is 1. The number of hydrogen-bond acceptors (Lipinski definition) is 5. The predicted molar refractivity (Wildman–Crippen MR) is 130 cm³/mol. The van der Waals surface area contributed by atoms with Crippen molar-refractivity contribution in [2.24, 2.45) is 0 Å². The first-order valence-corrected chi connectivity index (χ1v) is 11.4. The molecular weight excluding hydrogens is 498 g/mol. The largest absolute Gasteiger partial charge is 0.455 e. The summed E-state index contributed by atoms with van der Waals surface area (Å²) in [7, 11) is 0. The third kappa shape index (κ3) is 5.10. The van der Waals surface area contributed by atoms with Crippen LogP contribution in [0.4, 0.5) is 0 Å². The lowest BCUT2D eigenvalue weighted by atomic mass is 9.78. The van der Waals surface area contributed by atoms with Crippen LogP contribution in [0.3, 0.4) is 0 Å². The van der Waals surface area contributed by atoms with Crippen LogP contribution in [0.2, 0.25) is 0 Å². The number of carbonyl (C=O) groups is 3. The Bertz CT molecular complexity index is 1220. The molecule has 1 aliphatic rings. The van der Waals surface area contributed by atoms with E-state index in [-0.39, 0.29) is 12.4 Å². The summed E-state index contributed by atoms with van der Waals surface area (Å²) in [4.78, 5) is 38.9. The molecule has 0 saturated carbocycles. The van der Waals surface area contributed by atoms with Crippen LogP contribution in [0.25, 0.3) is 0 Å². The van der Waals surface area contributed by atoms with E-state index in [2.05, 4.69) is 21.2 Å². The maximum Gasteiger partial charge on any atom is 0.374 e. The summed E-state index contributed by atoms with van der Waals surface area (Å²) in [5.74, 6) is -2.78. The molecule has 1 N–H and O–H groups in total. The maximum atomic E-state index is 13.2. The number of hydrogen-bond donors (Lipinski definition) is 1. The van der Waals surface area contributed by atoms with Crippen molar-refractivity contribution in [1.29, 1.82) is 0 Å². The fourth-order valence-corrected chi connectivity index (χ4v) is 3.98. The maximum absolute atomic E-state index is 13.2. The lowest BCUT2D eigenvalue weighted by Gasteiger charge is -2.38. The fraction of sp³-hybridized carbons (Fsp3) is 0.148. The van der Waals surface area contributed by atoms with Gasteiger partial charge in [0.15, 0.2) is 0 Å². The summed E-state index contributed by atoms with van der Waals surface area (Å²) < 4.78 is 11.7. The molecule has 0 spiro atoms. The minimum atomic E-state index is -1.44.